The van der Waals surface area contributed by atoms with Gasteiger partial charge in [-0.25, -0.2) is 4.39 Å². The zero-order valence-corrected chi connectivity index (χ0v) is 18.2. The lowest BCUT2D eigenvalue weighted by Gasteiger charge is -2.12. The van der Waals surface area contributed by atoms with Gasteiger partial charge in [0.25, 0.3) is 11.1 Å². The van der Waals surface area contributed by atoms with Crippen LogP contribution in [-0.4, -0.2) is 22.6 Å². The molecule has 0 unspecified atom stereocenters. The van der Waals surface area contributed by atoms with Crippen LogP contribution in [0.15, 0.2) is 83.8 Å². The molecule has 4 rings (SSSR count). The number of halogens is 1. The number of carbonyl (C=O) groups excluding carboxylic acids is 2. The molecule has 6 heteroatoms. The average molecular weight is 448 g/mol. The molecule has 1 aliphatic rings. The van der Waals surface area contributed by atoms with E-state index in [1.807, 2.05) is 54.6 Å². The molecule has 32 heavy (non-hydrogen) atoms. The number of hydrogen-bond donors (Lipinski definition) is 0. The summed E-state index contributed by atoms with van der Waals surface area (Å²) in [4.78, 5) is 26.8. The molecule has 0 saturated carbocycles. The van der Waals surface area contributed by atoms with E-state index in [-0.39, 0.29) is 17.0 Å². The zero-order chi connectivity index (χ0) is 22.3. The molecule has 3 aromatic rings. The molecule has 3 aromatic carbocycles. The minimum atomic E-state index is -0.287. The van der Waals surface area contributed by atoms with Crippen LogP contribution in [0.2, 0.25) is 0 Å². The number of carbonyl (C=O) groups is 2. The average Bonchev–Trinajstić information content (AvgIpc) is 3.07. The van der Waals surface area contributed by atoms with Crippen molar-refractivity contribution in [2.45, 2.75) is 19.4 Å². The number of imide groups is 1. The third kappa shape index (κ3) is 5.65. The van der Waals surface area contributed by atoms with Gasteiger partial charge in [0, 0.05) is 6.54 Å². The number of hydrogen-bond acceptors (Lipinski definition) is 4. The van der Waals surface area contributed by atoms with Crippen molar-refractivity contribution in [2.75, 3.05) is 6.54 Å². The molecule has 0 N–H and O–H groups in total. The largest absolute Gasteiger partial charge is 0.489 e. The minimum absolute atomic E-state index is 0.238. The highest BCUT2D eigenvalue weighted by Crippen LogP contribution is 2.33. The lowest BCUT2D eigenvalue weighted by atomic mass is 10.1. The van der Waals surface area contributed by atoms with Crippen LogP contribution in [-0.2, 0) is 17.8 Å². The van der Waals surface area contributed by atoms with E-state index in [2.05, 4.69) is 0 Å². The lowest BCUT2D eigenvalue weighted by Crippen LogP contribution is -2.29. The van der Waals surface area contributed by atoms with Crippen molar-refractivity contribution in [3.63, 3.8) is 0 Å². The number of thioether (sulfide) groups is 1. The summed E-state index contributed by atoms with van der Waals surface area (Å²) in [5, 5.41) is -0.238. The lowest BCUT2D eigenvalue weighted by molar-refractivity contribution is -0.122. The summed E-state index contributed by atoms with van der Waals surface area (Å²) < 4.78 is 18.8. The summed E-state index contributed by atoms with van der Waals surface area (Å²) in [6.07, 6.45) is 3.25. The van der Waals surface area contributed by atoms with Gasteiger partial charge in [-0.3, -0.25) is 14.5 Å². The highest BCUT2D eigenvalue weighted by molar-refractivity contribution is 8.18. The maximum absolute atomic E-state index is 13.0. The molecule has 0 atom stereocenters. The predicted octanol–water partition coefficient (Wildman–Crippen LogP) is 6.07. The Balaban J connectivity index is 1.36. The van der Waals surface area contributed by atoms with Crippen LogP contribution in [0.3, 0.4) is 0 Å². The summed E-state index contributed by atoms with van der Waals surface area (Å²) in [6, 6.07) is 23.5. The van der Waals surface area contributed by atoms with Crippen molar-refractivity contribution in [1.29, 1.82) is 0 Å². The van der Waals surface area contributed by atoms with Gasteiger partial charge in [0.2, 0.25) is 0 Å². The summed E-state index contributed by atoms with van der Waals surface area (Å²) in [5.41, 5.74) is 2.82. The summed E-state index contributed by atoms with van der Waals surface area (Å²) >= 11 is 0.963. The number of benzene rings is 3. The van der Waals surface area contributed by atoms with Crippen LogP contribution in [0.5, 0.6) is 5.75 Å². The molecule has 0 radical (unpaired) electrons. The third-order valence-electron chi connectivity index (χ3n) is 5.04. The van der Waals surface area contributed by atoms with Gasteiger partial charge in [0.05, 0.1) is 4.91 Å². The Hall–Kier alpha value is -3.38. The fraction of sp³-hybridized carbons (Fsp3) is 0.154. The van der Waals surface area contributed by atoms with Gasteiger partial charge in [-0.05, 0) is 71.6 Å². The second-order valence-electron chi connectivity index (χ2n) is 7.41. The van der Waals surface area contributed by atoms with Crippen molar-refractivity contribution >= 4 is 29.0 Å². The normalized spacial score (nSPS) is 14.9. The maximum Gasteiger partial charge on any atom is 0.293 e. The number of amides is 2. The van der Waals surface area contributed by atoms with Gasteiger partial charge in [-0.1, -0.05) is 54.6 Å². The van der Waals surface area contributed by atoms with Crippen molar-refractivity contribution in [1.82, 2.24) is 4.90 Å². The monoisotopic (exact) mass is 447 g/mol. The zero-order valence-electron chi connectivity index (χ0n) is 17.4. The van der Waals surface area contributed by atoms with Crippen LogP contribution in [0.4, 0.5) is 9.18 Å². The van der Waals surface area contributed by atoms with Gasteiger partial charge in [0.1, 0.15) is 18.2 Å². The first-order chi connectivity index (χ1) is 15.6. The molecular formula is C26H22FNO3S. The van der Waals surface area contributed by atoms with Crippen LogP contribution in [0.1, 0.15) is 23.1 Å². The first-order valence-electron chi connectivity index (χ1n) is 10.3. The maximum atomic E-state index is 13.0. The Morgan fingerprint density at radius 1 is 0.906 bits per heavy atom. The quantitative estimate of drug-likeness (QED) is 0.393. The third-order valence-corrected chi connectivity index (χ3v) is 5.95. The van der Waals surface area contributed by atoms with Gasteiger partial charge in [-0.15, -0.1) is 0 Å². The SMILES string of the molecule is O=C1S/C(=C/c2cccc(OCc3ccc(F)cc3)c2)C(=O)N1CCCc1ccccc1. The van der Waals surface area contributed by atoms with E-state index in [0.717, 1.165) is 35.7 Å². The van der Waals surface area contributed by atoms with Gasteiger partial charge in [0.15, 0.2) is 0 Å². The highest BCUT2D eigenvalue weighted by Gasteiger charge is 2.34. The minimum Gasteiger partial charge on any atom is -0.489 e. The molecule has 0 aromatic heterocycles. The van der Waals surface area contributed by atoms with E-state index in [1.165, 1.54) is 22.6 Å². The number of aryl methyl sites for hydroxylation is 1. The Morgan fingerprint density at radius 3 is 2.47 bits per heavy atom. The molecule has 4 nitrogen and oxygen atoms in total. The van der Waals surface area contributed by atoms with Crippen LogP contribution >= 0.6 is 11.8 Å². The molecule has 2 amide bonds. The van der Waals surface area contributed by atoms with Crippen LogP contribution < -0.4 is 4.74 Å². The fourth-order valence-corrected chi connectivity index (χ4v) is 4.24. The molecule has 1 fully saturated rings. The first kappa shape index (κ1) is 21.8. The van der Waals surface area contributed by atoms with Crippen LogP contribution in [0.25, 0.3) is 6.08 Å². The topological polar surface area (TPSA) is 46.6 Å². The number of ether oxygens (including phenoxy) is 1. The van der Waals surface area contributed by atoms with E-state index in [0.29, 0.717) is 23.8 Å². The molecule has 0 aliphatic carbocycles. The van der Waals surface area contributed by atoms with Crippen molar-refractivity contribution < 1.29 is 18.7 Å². The van der Waals surface area contributed by atoms with Crippen molar-refractivity contribution in [3.05, 3.63) is 106 Å². The highest BCUT2D eigenvalue weighted by atomic mass is 32.2. The van der Waals surface area contributed by atoms with Crippen molar-refractivity contribution in [3.8, 4) is 5.75 Å². The second-order valence-corrected chi connectivity index (χ2v) is 8.40. The smallest absolute Gasteiger partial charge is 0.293 e. The molecule has 1 saturated heterocycles. The van der Waals surface area contributed by atoms with E-state index >= 15 is 0 Å². The van der Waals surface area contributed by atoms with E-state index in [1.54, 1.807) is 18.2 Å². The van der Waals surface area contributed by atoms with E-state index in [9.17, 15) is 14.0 Å². The summed E-state index contributed by atoms with van der Waals surface area (Å²) in [5.74, 6) is 0.0839. The fourth-order valence-electron chi connectivity index (χ4n) is 3.37. The summed E-state index contributed by atoms with van der Waals surface area (Å²) in [6.45, 7) is 0.708. The molecule has 1 aliphatic heterocycles. The first-order valence-corrected chi connectivity index (χ1v) is 11.2. The Kier molecular flexibility index (Phi) is 7.02. The second kappa shape index (κ2) is 10.3. The number of rotatable bonds is 8. The van der Waals surface area contributed by atoms with Gasteiger partial charge < -0.3 is 4.74 Å². The number of nitrogens with zero attached hydrogens (tertiary/aromatic N) is 1. The standard InChI is InChI=1S/C26H22FNO3S/c27-22-13-11-20(12-14-22)18-31-23-10-4-8-21(16-23)17-24-25(29)28(26(30)32-24)15-5-9-19-6-2-1-3-7-19/h1-4,6-8,10-14,16-17H,5,9,15,18H2/b24-17+. The molecular weight excluding hydrogens is 425 g/mol. The molecule has 1 heterocycles. The van der Waals surface area contributed by atoms with Crippen molar-refractivity contribution in [2.24, 2.45) is 0 Å². The van der Waals surface area contributed by atoms with E-state index < -0.39 is 0 Å². The molecule has 0 bridgehead atoms. The Bertz CT molecular complexity index is 1130. The Morgan fingerprint density at radius 2 is 1.69 bits per heavy atom. The summed E-state index contributed by atoms with van der Waals surface area (Å²) in [7, 11) is 0. The predicted molar refractivity (Wildman–Crippen MR) is 125 cm³/mol. The Labute approximate surface area is 190 Å². The molecule has 162 valence electrons. The van der Waals surface area contributed by atoms with Gasteiger partial charge in [-0.2, -0.15) is 0 Å². The van der Waals surface area contributed by atoms with Crippen LogP contribution in [0, 0.1) is 5.82 Å². The molecule has 0 spiro atoms. The van der Waals surface area contributed by atoms with Gasteiger partial charge >= 0.3 is 0 Å². The van der Waals surface area contributed by atoms with E-state index in [4.69, 9.17) is 4.74 Å².